The van der Waals surface area contributed by atoms with Crippen LogP contribution in [0.3, 0.4) is 0 Å². The number of hydrogen-bond acceptors (Lipinski definition) is 5. The van der Waals surface area contributed by atoms with Crippen LogP contribution < -0.4 is 0 Å². The van der Waals surface area contributed by atoms with Crippen LogP contribution >= 0.6 is 11.6 Å². The number of halogens is 1. The topological polar surface area (TPSA) is 96.0 Å². The van der Waals surface area contributed by atoms with Crippen LogP contribution in [-0.4, -0.2) is 21.4 Å². The molecule has 0 saturated carbocycles. The molecular formula is C20H23ClN2O4. The van der Waals surface area contributed by atoms with E-state index in [4.69, 9.17) is 11.6 Å². The number of aromatic hydroxyl groups is 2. The first-order valence-electron chi connectivity index (χ1n) is 8.71. The van der Waals surface area contributed by atoms with Gasteiger partial charge in [0.1, 0.15) is 11.4 Å². The average Bonchev–Trinajstić information content (AvgIpc) is 2.61. The number of nitro groups is 1. The van der Waals surface area contributed by atoms with Crippen LogP contribution in [0.25, 0.3) is 0 Å². The van der Waals surface area contributed by atoms with Crippen molar-refractivity contribution in [1.29, 1.82) is 0 Å². The summed E-state index contributed by atoms with van der Waals surface area (Å²) in [5, 5.41) is 31.9. The minimum atomic E-state index is -0.669. The van der Waals surface area contributed by atoms with E-state index in [1.165, 1.54) is 13.1 Å². The first-order valence-corrected chi connectivity index (χ1v) is 9.09. The maximum atomic E-state index is 11.3. The van der Waals surface area contributed by atoms with Gasteiger partial charge in [0.15, 0.2) is 0 Å². The Hall–Kier alpha value is -2.60. The molecule has 2 N–H and O–H groups in total. The van der Waals surface area contributed by atoms with E-state index in [9.17, 15) is 20.3 Å². The molecule has 144 valence electrons. The van der Waals surface area contributed by atoms with E-state index in [2.05, 4.69) is 18.8 Å². The van der Waals surface area contributed by atoms with E-state index in [1.54, 1.807) is 19.1 Å². The Kier molecular flexibility index (Phi) is 6.44. The average molecular weight is 391 g/mol. The number of aliphatic imine (C=N–C) groups is 1. The Balaban J connectivity index is 2.53. The summed E-state index contributed by atoms with van der Waals surface area (Å²) in [5.74, 6) is -0.184. The zero-order chi connectivity index (χ0) is 20.3. The molecule has 2 rings (SSSR count). The third-order valence-corrected chi connectivity index (χ3v) is 5.27. The minimum absolute atomic E-state index is 0.0106. The van der Waals surface area contributed by atoms with Crippen LogP contribution in [0.15, 0.2) is 23.2 Å². The highest BCUT2D eigenvalue weighted by atomic mass is 35.5. The van der Waals surface area contributed by atoms with Crippen molar-refractivity contribution >= 4 is 29.2 Å². The van der Waals surface area contributed by atoms with Crippen molar-refractivity contribution in [1.82, 2.24) is 0 Å². The molecular weight excluding hydrogens is 368 g/mol. The van der Waals surface area contributed by atoms with Gasteiger partial charge in [-0.2, -0.15) is 0 Å². The summed E-state index contributed by atoms with van der Waals surface area (Å²) in [7, 11) is 0. The first kappa shape index (κ1) is 20.7. The predicted octanol–water partition coefficient (Wildman–Crippen LogP) is 5.93. The summed E-state index contributed by atoms with van der Waals surface area (Å²) < 4.78 is 0. The van der Waals surface area contributed by atoms with Gasteiger partial charge in [-0.3, -0.25) is 15.1 Å². The number of nitro benzene ring substituents is 1. The fourth-order valence-electron chi connectivity index (χ4n) is 3.05. The van der Waals surface area contributed by atoms with E-state index in [1.807, 2.05) is 6.07 Å². The first-order chi connectivity index (χ1) is 12.7. The van der Waals surface area contributed by atoms with Gasteiger partial charge in [0.2, 0.25) is 5.75 Å². The van der Waals surface area contributed by atoms with Gasteiger partial charge in [0.05, 0.1) is 9.95 Å². The number of rotatable bonds is 6. The highest BCUT2D eigenvalue weighted by Crippen LogP contribution is 2.40. The summed E-state index contributed by atoms with van der Waals surface area (Å²) in [6.07, 6.45) is 3.35. The molecule has 0 aliphatic rings. The lowest BCUT2D eigenvalue weighted by Crippen LogP contribution is -2.00. The van der Waals surface area contributed by atoms with E-state index in [-0.39, 0.29) is 21.9 Å². The Morgan fingerprint density at radius 1 is 1.30 bits per heavy atom. The maximum Gasteiger partial charge on any atom is 0.315 e. The summed E-state index contributed by atoms with van der Waals surface area (Å²) >= 11 is 6.19. The molecule has 0 saturated heterocycles. The highest BCUT2D eigenvalue weighted by Gasteiger charge is 2.25. The number of hydrogen-bond donors (Lipinski definition) is 2. The Morgan fingerprint density at radius 3 is 2.56 bits per heavy atom. The van der Waals surface area contributed by atoms with Crippen molar-refractivity contribution in [2.24, 2.45) is 4.99 Å². The van der Waals surface area contributed by atoms with Gasteiger partial charge >= 0.3 is 5.69 Å². The van der Waals surface area contributed by atoms with Crippen molar-refractivity contribution in [2.75, 3.05) is 0 Å². The lowest BCUT2D eigenvalue weighted by Gasteiger charge is -2.12. The summed E-state index contributed by atoms with van der Waals surface area (Å²) in [4.78, 5) is 14.9. The van der Waals surface area contributed by atoms with Crippen molar-refractivity contribution in [2.45, 2.75) is 46.5 Å². The van der Waals surface area contributed by atoms with Gasteiger partial charge in [-0.1, -0.05) is 37.9 Å². The Labute approximate surface area is 163 Å². The summed E-state index contributed by atoms with van der Waals surface area (Å²) in [6.45, 7) is 7.34. The monoisotopic (exact) mass is 390 g/mol. The van der Waals surface area contributed by atoms with E-state index < -0.39 is 16.4 Å². The van der Waals surface area contributed by atoms with Crippen LogP contribution in [0.5, 0.6) is 11.5 Å². The van der Waals surface area contributed by atoms with Crippen LogP contribution in [0, 0.1) is 24.0 Å². The van der Waals surface area contributed by atoms with Crippen LogP contribution in [0.4, 0.5) is 11.4 Å². The normalized spacial score (nSPS) is 12.5. The third-order valence-electron chi connectivity index (χ3n) is 4.70. The molecule has 27 heavy (non-hydrogen) atoms. The van der Waals surface area contributed by atoms with Gasteiger partial charge in [0.25, 0.3) is 0 Å². The fourth-order valence-corrected chi connectivity index (χ4v) is 3.24. The minimum Gasteiger partial charge on any atom is -0.506 e. The molecule has 0 amide bonds. The standard InChI is InChI=1S/C20H23ClN2O4/c1-5-6-11(2)14-7-8-17(24)16(9-14)22-10-15-12(3)18(21)13(4)19(20(15)25)23(26)27/h7-11,24-25H,5-6H2,1-4H3/t11-/m0/s1. The SMILES string of the molecule is CCC[C@H](C)c1ccc(O)c(N=Cc2c(C)c(Cl)c(C)c([N+](=O)[O-])c2O)c1. The second kappa shape index (κ2) is 8.39. The van der Waals surface area contributed by atoms with Crippen molar-refractivity contribution in [3.05, 3.63) is 55.6 Å². The second-order valence-electron chi connectivity index (χ2n) is 6.63. The largest absolute Gasteiger partial charge is 0.506 e. The molecule has 1 atom stereocenters. The van der Waals surface area contributed by atoms with Crippen molar-refractivity contribution < 1.29 is 15.1 Å². The molecule has 0 spiro atoms. The van der Waals surface area contributed by atoms with Gasteiger partial charge in [0, 0.05) is 17.3 Å². The number of phenolic OH excluding ortho intramolecular Hbond substituents is 2. The summed E-state index contributed by atoms with van der Waals surface area (Å²) in [5.41, 5.74) is 1.76. The molecule has 0 aliphatic carbocycles. The number of nitrogens with zero attached hydrogens (tertiary/aromatic N) is 2. The second-order valence-corrected chi connectivity index (χ2v) is 7.01. The lowest BCUT2D eigenvalue weighted by molar-refractivity contribution is -0.386. The van der Waals surface area contributed by atoms with E-state index in [0.717, 1.165) is 18.4 Å². The molecule has 0 bridgehead atoms. The van der Waals surface area contributed by atoms with E-state index in [0.29, 0.717) is 17.2 Å². The zero-order valence-electron chi connectivity index (χ0n) is 15.8. The third kappa shape index (κ3) is 4.22. The quantitative estimate of drug-likeness (QED) is 0.363. The number of phenols is 2. The molecule has 0 unspecified atom stereocenters. The molecule has 0 aromatic heterocycles. The van der Waals surface area contributed by atoms with Gasteiger partial charge in [-0.15, -0.1) is 0 Å². The molecule has 6 nitrogen and oxygen atoms in total. The molecule has 0 fully saturated rings. The number of benzene rings is 2. The highest BCUT2D eigenvalue weighted by molar-refractivity contribution is 6.33. The summed E-state index contributed by atoms with van der Waals surface area (Å²) in [6, 6.07) is 5.21. The maximum absolute atomic E-state index is 11.3. The molecule has 0 heterocycles. The Morgan fingerprint density at radius 2 is 1.96 bits per heavy atom. The van der Waals surface area contributed by atoms with Crippen molar-refractivity contribution in [3.8, 4) is 11.5 Å². The fraction of sp³-hybridized carbons (Fsp3) is 0.350. The van der Waals surface area contributed by atoms with Crippen LogP contribution in [0.2, 0.25) is 5.02 Å². The van der Waals surface area contributed by atoms with Crippen molar-refractivity contribution in [3.63, 3.8) is 0 Å². The Bertz CT molecular complexity index is 910. The molecule has 2 aromatic rings. The molecule has 7 heteroatoms. The molecule has 0 aliphatic heterocycles. The molecule has 0 radical (unpaired) electrons. The predicted molar refractivity (Wildman–Crippen MR) is 108 cm³/mol. The smallest absolute Gasteiger partial charge is 0.315 e. The molecule has 2 aromatic carbocycles. The van der Waals surface area contributed by atoms with E-state index >= 15 is 0 Å². The lowest BCUT2D eigenvalue weighted by atomic mass is 9.96. The van der Waals surface area contributed by atoms with Gasteiger partial charge in [-0.25, -0.2) is 0 Å². The van der Waals surface area contributed by atoms with Gasteiger partial charge in [-0.05, 0) is 49.4 Å². The van der Waals surface area contributed by atoms with Crippen LogP contribution in [0.1, 0.15) is 54.9 Å². The zero-order valence-corrected chi connectivity index (χ0v) is 16.5. The van der Waals surface area contributed by atoms with Crippen LogP contribution in [-0.2, 0) is 0 Å². The van der Waals surface area contributed by atoms with Gasteiger partial charge < -0.3 is 10.2 Å².